The highest BCUT2D eigenvalue weighted by Gasteiger charge is 2.03. The van der Waals surface area contributed by atoms with Gasteiger partial charge in [0.2, 0.25) is 0 Å². The maximum Gasteiger partial charge on any atom is 0.144 e. The van der Waals surface area contributed by atoms with E-state index in [1.54, 1.807) is 7.11 Å². The third kappa shape index (κ3) is 2.74. The van der Waals surface area contributed by atoms with Crippen molar-refractivity contribution in [3.05, 3.63) is 53.9 Å². The zero-order valence-corrected chi connectivity index (χ0v) is 10.8. The van der Waals surface area contributed by atoms with E-state index in [0.29, 0.717) is 0 Å². The lowest BCUT2D eigenvalue weighted by Gasteiger charge is -2.05. The Kier molecular flexibility index (Phi) is 3.72. The molecule has 0 unspecified atom stereocenters. The lowest BCUT2D eigenvalue weighted by molar-refractivity contribution is 0.416. The van der Waals surface area contributed by atoms with Gasteiger partial charge in [0.15, 0.2) is 0 Å². The fourth-order valence-corrected chi connectivity index (χ4v) is 1.70. The van der Waals surface area contributed by atoms with Gasteiger partial charge in [0.05, 0.1) is 18.5 Å². The molecular weight excluding hydrogens is 224 g/mol. The molecule has 0 aliphatic heterocycles. The van der Waals surface area contributed by atoms with E-state index in [9.17, 15) is 0 Å². The van der Waals surface area contributed by atoms with Crippen molar-refractivity contribution in [3.8, 4) is 5.75 Å². The van der Waals surface area contributed by atoms with Crippen molar-refractivity contribution >= 4 is 11.4 Å². The highest BCUT2D eigenvalue weighted by atomic mass is 16.5. The number of aliphatic imine (C=N–C) groups is 1. The topological polar surface area (TPSA) is 34.5 Å². The molecule has 18 heavy (non-hydrogen) atoms. The van der Waals surface area contributed by atoms with Gasteiger partial charge < -0.3 is 4.74 Å². The SMILES string of the molecule is COc1ccccc1N=C(C)c1cccc(C)n1. The fraction of sp³-hybridized carbons (Fsp3) is 0.200. The number of aromatic nitrogens is 1. The minimum absolute atomic E-state index is 0.768. The van der Waals surface area contributed by atoms with Crippen LogP contribution in [0.3, 0.4) is 0 Å². The molecule has 0 spiro atoms. The number of hydrogen-bond donors (Lipinski definition) is 0. The molecule has 2 rings (SSSR count). The largest absolute Gasteiger partial charge is 0.494 e. The van der Waals surface area contributed by atoms with Crippen LogP contribution in [0.2, 0.25) is 0 Å². The molecule has 1 aromatic carbocycles. The van der Waals surface area contributed by atoms with Gasteiger partial charge in [0.25, 0.3) is 0 Å². The van der Waals surface area contributed by atoms with Crippen LogP contribution < -0.4 is 4.74 Å². The molecule has 0 fully saturated rings. The summed E-state index contributed by atoms with van der Waals surface area (Å²) in [4.78, 5) is 9.02. The fourth-order valence-electron chi connectivity index (χ4n) is 1.70. The zero-order chi connectivity index (χ0) is 13.0. The molecule has 0 aliphatic carbocycles. The molecule has 0 saturated carbocycles. The van der Waals surface area contributed by atoms with Gasteiger partial charge in [-0.2, -0.15) is 0 Å². The Morgan fingerprint density at radius 1 is 1.11 bits per heavy atom. The predicted molar refractivity (Wildman–Crippen MR) is 73.8 cm³/mol. The van der Waals surface area contributed by atoms with E-state index in [4.69, 9.17) is 4.74 Å². The lowest BCUT2D eigenvalue weighted by atomic mass is 10.2. The standard InChI is InChI=1S/C15H16N2O/c1-11-7-6-9-13(16-11)12(2)17-14-8-4-5-10-15(14)18-3/h4-10H,1-3H3. The normalized spacial score (nSPS) is 11.4. The number of benzene rings is 1. The van der Waals surface area contributed by atoms with Gasteiger partial charge in [-0.05, 0) is 38.1 Å². The van der Waals surface area contributed by atoms with Gasteiger partial charge in [-0.3, -0.25) is 4.98 Å². The van der Waals surface area contributed by atoms with Crippen LogP contribution in [0.4, 0.5) is 5.69 Å². The van der Waals surface area contributed by atoms with Gasteiger partial charge >= 0.3 is 0 Å². The van der Waals surface area contributed by atoms with E-state index in [1.807, 2.05) is 56.3 Å². The highest BCUT2D eigenvalue weighted by molar-refractivity contribution is 5.98. The number of para-hydroxylation sites is 2. The van der Waals surface area contributed by atoms with Crippen molar-refractivity contribution in [1.29, 1.82) is 0 Å². The maximum atomic E-state index is 5.28. The van der Waals surface area contributed by atoms with Crippen LogP contribution >= 0.6 is 0 Å². The van der Waals surface area contributed by atoms with E-state index in [2.05, 4.69) is 9.98 Å². The molecule has 2 aromatic rings. The van der Waals surface area contributed by atoms with Gasteiger partial charge in [-0.15, -0.1) is 0 Å². The Morgan fingerprint density at radius 3 is 2.61 bits per heavy atom. The summed E-state index contributed by atoms with van der Waals surface area (Å²) in [6.45, 7) is 3.92. The lowest BCUT2D eigenvalue weighted by Crippen LogP contribution is -1.99. The molecule has 0 saturated heterocycles. The van der Waals surface area contributed by atoms with Crippen LogP contribution in [-0.2, 0) is 0 Å². The number of rotatable bonds is 3. The van der Waals surface area contributed by atoms with E-state index in [0.717, 1.165) is 28.5 Å². The van der Waals surface area contributed by atoms with Crippen LogP contribution in [0.5, 0.6) is 5.75 Å². The second kappa shape index (κ2) is 5.45. The predicted octanol–water partition coefficient (Wildman–Crippen LogP) is 3.54. The first kappa shape index (κ1) is 12.3. The Balaban J connectivity index is 2.38. The summed E-state index contributed by atoms with van der Waals surface area (Å²) in [6, 6.07) is 13.6. The molecule has 0 radical (unpaired) electrons. The monoisotopic (exact) mass is 240 g/mol. The number of pyridine rings is 1. The second-order valence-corrected chi connectivity index (χ2v) is 4.03. The van der Waals surface area contributed by atoms with Gasteiger partial charge in [0, 0.05) is 5.69 Å². The Bertz CT molecular complexity index is 576. The van der Waals surface area contributed by atoms with Gasteiger partial charge in [-0.25, -0.2) is 4.99 Å². The molecule has 0 bridgehead atoms. The van der Waals surface area contributed by atoms with E-state index in [-0.39, 0.29) is 0 Å². The van der Waals surface area contributed by atoms with E-state index in [1.165, 1.54) is 0 Å². The van der Waals surface area contributed by atoms with Crippen LogP contribution in [0.15, 0.2) is 47.5 Å². The molecule has 1 heterocycles. The third-order valence-corrected chi connectivity index (χ3v) is 2.63. The number of ether oxygens (including phenoxy) is 1. The average Bonchev–Trinajstić information content (AvgIpc) is 2.39. The molecule has 3 heteroatoms. The molecule has 1 aromatic heterocycles. The van der Waals surface area contributed by atoms with Crippen molar-refractivity contribution in [2.75, 3.05) is 7.11 Å². The molecule has 0 aliphatic rings. The summed E-state index contributed by atoms with van der Waals surface area (Å²) in [5.41, 5.74) is 3.58. The van der Waals surface area contributed by atoms with E-state index >= 15 is 0 Å². The summed E-state index contributed by atoms with van der Waals surface area (Å²) in [5.74, 6) is 0.768. The number of hydrogen-bond acceptors (Lipinski definition) is 3. The molecule has 0 N–H and O–H groups in total. The summed E-state index contributed by atoms with van der Waals surface area (Å²) in [5, 5.41) is 0. The van der Waals surface area contributed by atoms with Gasteiger partial charge in [-0.1, -0.05) is 18.2 Å². The van der Waals surface area contributed by atoms with Crippen molar-refractivity contribution in [3.63, 3.8) is 0 Å². The molecular formula is C15H16N2O. The number of aryl methyl sites for hydroxylation is 1. The van der Waals surface area contributed by atoms with Crippen molar-refractivity contribution in [2.45, 2.75) is 13.8 Å². The minimum Gasteiger partial charge on any atom is -0.494 e. The summed E-state index contributed by atoms with van der Waals surface area (Å²) in [7, 11) is 1.65. The molecule has 0 amide bonds. The van der Waals surface area contributed by atoms with Crippen molar-refractivity contribution in [2.24, 2.45) is 4.99 Å². The first-order valence-electron chi connectivity index (χ1n) is 5.83. The summed E-state index contributed by atoms with van der Waals surface area (Å²) >= 11 is 0. The smallest absolute Gasteiger partial charge is 0.144 e. The summed E-state index contributed by atoms with van der Waals surface area (Å²) in [6.07, 6.45) is 0. The zero-order valence-electron chi connectivity index (χ0n) is 10.8. The van der Waals surface area contributed by atoms with Crippen molar-refractivity contribution in [1.82, 2.24) is 4.98 Å². The van der Waals surface area contributed by atoms with Gasteiger partial charge in [0.1, 0.15) is 11.4 Å². The average molecular weight is 240 g/mol. The molecule has 92 valence electrons. The first-order valence-corrected chi connectivity index (χ1v) is 5.83. The number of methoxy groups -OCH3 is 1. The van der Waals surface area contributed by atoms with Crippen LogP contribution in [-0.4, -0.2) is 17.8 Å². The second-order valence-electron chi connectivity index (χ2n) is 4.03. The van der Waals surface area contributed by atoms with Crippen LogP contribution in [0.25, 0.3) is 0 Å². The summed E-state index contributed by atoms with van der Waals surface area (Å²) < 4.78 is 5.28. The maximum absolute atomic E-state index is 5.28. The Labute approximate surface area is 107 Å². The van der Waals surface area contributed by atoms with Crippen LogP contribution in [0.1, 0.15) is 18.3 Å². The van der Waals surface area contributed by atoms with Crippen molar-refractivity contribution < 1.29 is 4.74 Å². The molecule has 0 atom stereocenters. The van der Waals surface area contributed by atoms with Crippen LogP contribution in [0, 0.1) is 6.92 Å². The first-order chi connectivity index (χ1) is 8.70. The quantitative estimate of drug-likeness (QED) is 0.769. The number of nitrogens with zero attached hydrogens (tertiary/aromatic N) is 2. The minimum atomic E-state index is 0.768. The highest BCUT2D eigenvalue weighted by Crippen LogP contribution is 2.26. The Hall–Kier alpha value is -2.16. The molecule has 3 nitrogen and oxygen atoms in total. The third-order valence-electron chi connectivity index (χ3n) is 2.63. The van der Waals surface area contributed by atoms with E-state index < -0.39 is 0 Å². The Morgan fingerprint density at radius 2 is 1.89 bits per heavy atom.